The Hall–Kier alpha value is -3.24. The summed E-state index contributed by atoms with van der Waals surface area (Å²) < 4.78 is 6.71. The molecule has 0 bridgehead atoms. The van der Waals surface area contributed by atoms with Crippen molar-refractivity contribution in [1.29, 1.82) is 0 Å². The van der Waals surface area contributed by atoms with Gasteiger partial charge in [0.25, 0.3) is 0 Å². The van der Waals surface area contributed by atoms with E-state index in [1.807, 2.05) is 60.7 Å². The number of ether oxygens (including phenoxy) is 1. The van der Waals surface area contributed by atoms with Gasteiger partial charge in [0.15, 0.2) is 0 Å². The number of halogens is 3. The zero-order valence-corrected chi connectivity index (χ0v) is 28.6. The van der Waals surface area contributed by atoms with Crippen molar-refractivity contribution < 1.29 is 9.53 Å². The summed E-state index contributed by atoms with van der Waals surface area (Å²) in [6, 6.07) is 19.9. The van der Waals surface area contributed by atoms with E-state index in [4.69, 9.17) is 49.5 Å². The highest BCUT2D eigenvalue weighted by molar-refractivity contribution is 7.18. The standard InChI is InChI=1S/C35H34Cl3N5O2S/c1-3-39-19-31-43-34-22(15-23(36)16-29(34)46-31)14-20-6-4-7-25(32(20)37)26-8-5-9-27(33(26)38)28-12-10-21(35(42-28)45-2)17-40-18-24-11-13-30(44)41-24/h4-10,12,15-16,24,39-40H,3,11,13-14,17-19H2,1-2H3,(H,41,44). The summed E-state index contributed by atoms with van der Waals surface area (Å²) in [6.45, 7) is 4.94. The Bertz CT molecular complexity index is 1900. The third-order valence-electron chi connectivity index (χ3n) is 8.06. The van der Waals surface area contributed by atoms with Crippen molar-refractivity contribution in [2.24, 2.45) is 0 Å². The van der Waals surface area contributed by atoms with Gasteiger partial charge in [-0.25, -0.2) is 9.97 Å². The van der Waals surface area contributed by atoms with E-state index in [2.05, 4.69) is 22.9 Å². The van der Waals surface area contributed by atoms with Crippen molar-refractivity contribution in [1.82, 2.24) is 25.9 Å². The van der Waals surface area contributed by atoms with Gasteiger partial charge in [-0.2, -0.15) is 0 Å². The van der Waals surface area contributed by atoms with Crippen LogP contribution in [0.25, 0.3) is 32.6 Å². The van der Waals surface area contributed by atoms with Crippen molar-refractivity contribution in [3.05, 3.63) is 97.4 Å². The molecule has 0 aliphatic carbocycles. The molecule has 3 aromatic carbocycles. The van der Waals surface area contributed by atoms with Gasteiger partial charge < -0.3 is 20.7 Å². The summed E-state index contributed by atoms with van der Waals surface area (Å²) in [5.41, 5.74) is 6.98. The molecule has 1 aliphatic heterocycles. The van der Waals surface area contributed by atoms with Gasteiger partial charge in [0.05, 0.1) is 33.1 Å². The SMILES string of the molecule is CCNCc1nc2c(Cc3cccc(-c4cccc(-c5ccc(CNCC6CCC(=O)N6)c(OC)n5)c4Cl)c3Cl)cc(Cl)cc2s1. The maximum Gasteiger partial charge on any atom is 0.220 e. The molecule has 1 amide bonds. The molecule has 7 nitrogen and oxygen atoms in total. The van der Waals surface area contributed by atoms with Crippen LogP contribution in [0, 0.1) is 0 Å². The fourth-order valence-corrected chi connectivity index (χ4v) is 7.71. The predicted molar refractivity (Wildman–Crippen MR) is 189 cm³/mol. The molecule has 238 valence electrons. The summed E-state index contributed by atoms with van der Waals surface area (Å²) in [6.07, 6.45) is 2.00. The molecule has 6 rings (SSSR count). The highest BCUT2D eigenvalue weighted by Gasteiger charge is 2.21. The minimum Gasteiger partial charge on any atom is -0.481 e. The molecule has 3 N–H and O–H groups in total. The number of aromatic nitrogens is 2. The van der Waals surface area contributed by atoms with Crippen LogP contribution in [0.2, 0.25) is 15.1 Å². The maximum atomic E-state index is 11.5. The molecule has 2 aromatic heterocycles. The average molecular weight is 695 g/mol. The first-order valence-corrected chi connectivity index (χ1v) is 17.2. The van der Waals surface area contributed by atoms with Crippen LogP contribution in [0.4, 0.5) is 0 Å². The molecule has 5 aromatic rings. The van der Waals surface area contributed by atoms with Crippen LogP contribution in [-0.4, -0.2) is 42.1 Å². The molecule has 1 fully saturated rings. The number of benzene rings is 3. The Morgan fingerprint density at radius 2 is 1.70 bits per heavy atom. The van der Waals surface area contributed by atoms with Gasteiger partial charge in [0, 0.05) is 65.8 Å². The molecule has 1 unspecified atom stereocenters. The topological polar surface area (TPSA) is 88.2 Å². The average Bonchev–Trinajstić information content (AvgIpc) is 3.66. The molecule has 0 saturated carbocycles. The van der Waals surface area contributed by atoms with Crippen LogP contribution < -0.4 is 20.7 Å². The van der Waals surface area contributed by atoms with Crippen LogP contribution >= 0.6 is 46.1 Å². The predicted octanol–water partition coefficient (Wildman–Crippen LogP) is 8.06. The summed E-state index contributed by atoms with van der Waals surface area (Å²) >= 11 is 22.4. The second kappa shape index (κ2) is 14.7. The van der Waals surface area contributed by atoms with Crippen LogP contribution in [0.1, 0.15) is 41.5 Å². The summed E-state index contributed by atoms with van der Waals surface area (Å²) in [4.78, 5) is 21.2. The molecule has 3 heterocycles. The Morgan fingerprint density at radius 3 is 2.46 bits per heavy atom. The monoisotopic (exact) mass is 693 g/mol. The van der Waals surface area contributed by atoms with Gasteiger partial charge in [0.1, 0.15) is 5.01 Å². The number of nitrogens with one attached hydrogen (secondary N) is 3. The number of pyridine rings is 1. The van der Waals surface area contributed by atoms with Crippen LogP contribution in [0.15, 0.2) is 60.7 Å². The minimum absolute atomic E-state index is 0.106. The van der Waals surface area contributed by atoms with E-state index in [-0.39, 0.29) is 11.9 Å². The molecular weight excluding hydrogens is 661 g/mol. The Kier molecular flexibility index (Phi) is 10.4. The number of methoxy groups -OCH3 is 1. The zero-order chi connectivity index (χ0) is 32.2. The van der Waals surface area contributed by atoms with Crippen LogP contribution in [-0.2, 0) is 24.3 Å². The number of carbonyl (C=O) groups excluding carboxylic acids is 1. The fraction of sp³-hybridized carbons (Fsp3) is 0.286. The number of nitrogens with zero attached hydrogens (tertiary/aromatic N) is 2. The van der Waals surface area contributed by atoms with Crippen LogP contribution in [0.3, 0.4) is 0 Å². The Balaban J connectivity index is 1.26. The molecule has 11 heteroatoms. The van der Waals surface area contributed by atoms with Gasteiger partial charge in [0.2, 0.25) is 11.8 Å². The van der Waals surface area contributed by atoms with E-state index in [1.54, 1.807) is 18.4 Å². The van der Waals surface area contributed by atoms with Crippen molar-refractivity contribution in [2.75, 3.05) is 20.2 Å². The molecule has 0 spiro atoms. The Labute approximate surface area is 287 Å². The molecular formula is C35H34Cl3N5O2S. The normalized spacial score (nSPS) is 14.6. The van der Waals surface area contributed by atoms with E-state index in [0.29, 0.717) is 52.6 Å². The summed E-state index contributed by atoms with van der Waals surface area (Å²) in [5.74, 6) is 0.625. The lowest BCUT2D eigenvalue weighted by molar-refractivity contribution is -0.119. The van der Waals surface area contributed by atoms with Gasteiger partial charge in [-0.05, 0) is 42.3 Å². The lowest BCUT2D eigenvalue weighted by atomic mass is 9.96. The highest BCUT2D eigenvalue weighted by Crippen LogP contribution is 2.41. The summed E-state index contributed by atoms with van der Waals surface area (Å²) in [5, 5.41) is 12.6. The maximum absolute atomic E-state index is 11.5. The number of hydrogen-bond donors (Lipinski definition) is 3. The second-order valence-corrected chi connectivity index (χ2v) is 13.5. The number of rotatable bonds is 12. The molecule has 0 radical (unpaired) electrons. The number of fused-ring (bicyclic) bond motifs is 1. The van der Waals surface area contributed by atoms with Crippen LogP contribution in [0.5, 0.6) is 5.88 Å². The van der Waals surface area contributed by atoms with Gasteiger partial charge >= 0.3 is 0 Å². The van der Waals surface area contributed by atoms with E-state index in [9.17, 15) is 4.79 Å². The zero-order valence-electron chi connectivity index (χ0n) is 25.6. The number of carbonyl (C=O) groups is 1. The Morgan fingerprint density at radius 1 is 0.913 bits per heavy atom. The third-order valence-corrected chi connectivity index (χ3v) is 10.1. The number of hydrogen-bond acceptors (Lipinski definition) is 7. The minimum atomic E-state index is 0.106. The first-order valence-electron chi connectivity index (χ1n) is 15.2. The lowest BCUT2D eigenvalue weighted by Gasteiger charge is -2.16. The highest BCUT2D eigenvalue weighted by atomic mass is 35.5. The third kappa shape index (κ3) is 7.18. The van der Waals surface area contributed by atoms with Gasteiger partial charge in [-0.3, -0.25) is 4.79 Å². The van der Waals surface area contributed by atoms with E-state index in [1.165, 1.54) is 0 Å². The number of thiazole rings is 1. The quantitative estimate of drug-likeness (QED) is 0.123. The smallest absolute Gasteiger partial charge is 0.220 e. The van der Waals surface area contributed by atoms with Crippen molar-refractivity contribution in [2.45, 2.75) is 45.3 Å². The van der Waals surface area contributed by atoms with Gasteiger partial charge in [-0.1, -0.05) is 84.2 Å². The molecule has 1 saturated heterocycles. The first kappa shape index (κ1) is 32.7. The van der Waals surface area contributed by atoms with E-state index < -0.39 is 0 Å². The van der Waals surface area contributed by atoms with Gasteiger partial charge in [-0.15, -0.1) is 11.3 Å². The van der Waals surface area contributed by atoms with E-state index >= 15 is 0 Å². The molecule has 1 aliphatic rings. The molecule has 1 atom stereocenters. The number of amides is 1. The lowest BCUT2D eigenvalue weighted by Crippen LogP contribution is -2.35. The molecule has 46 heavy (non-hydrogen) atoms. The van der Waals surface area contributed by atoms with Crippen molar-refractivity contribution in [3.8, 4) is 28.3 Å². The van der Waals surface area contributed by atoms with Crippen molar-refractivity contribution in [3.63, 3.8) is 0 Å². The van der Waals surface area contributed by atoms with Crippen molar-refractivity contribution >= 4 is 62.3 Å². The second-order valence-electron chi connectivity index (χ2n) is 11.2. The largest absolute Gasteiger partial charge is 0.481 e. The first-order chi connectivity index (χ1) is 22.3. The van der Waals surface area contributed by atoms with E-state index in [0.717, 1.165) is 68.1 Å². The fourth-order valence-electron chi connectivity index (χ4n) is 5.76. The summed E-state index contributed by atoms with van der Waals surface area (Å²) in [7, 11) is 1.61.